The average molecular weight is 304 g/mol. The van der Waals surface area contributed by atoms with Crippen LogP contribution >= 0.6 is 27.3 Å². The van der Waals surface area contributed by atoms with Crippen molar-refractivity contribution in [3.05, 3.63) is 20.3 Å². The molecule has 0 bridgehead atoms. The summed E-state index contributed by atoms with van der Waals surface area (Å²) in [6, 6.07) is 2.61. The largest absolute Gasteiger partial charge is 0.378 e. The number of hydrogen-bond acceptors (Lipinski definition) is 3. The van der Waals surface area contributed by atoms with Gasteiger partial charge in [-0.05, 0) is 49.3 Å². The van der Waals surface area contributed by atoms with Crippen molar-refractivity contribution in [1.82, 2.24) is 5.32 Å². The Labute approximate surface area is 110 Å². The van der Waals surface area contributed by atoms with Gasteiger partial charge in [-0.3, -0.25) is 0 Å². The molecule has 1 aromatic rings. The van der Waals surface area contributed by atoms with Crippen molar-refractivity contribution in [2.75, 3.05) is 13.7 Å². The van der Waals surface area contributed by atoms with E-state index in [9.17, 15) is 0 Å². The fourth-order valence-corrected chi connectivity index (χ4v) is 4.52. The molecule has 0 amide bonds. The molecule has 0 radical (unpaired) electrons. The molecule has 3 atom stereocenters. The zero-order chi connectivity index (χ0) is 11.7. The molecule has 0 aromatic carbocycles. The summed E-state index contributed by atoms with van der Waals surface area (Å²) in [4.78, 5) is 2.76. The van der Waals surface area contributed by atoms with Crippen molar-refractivity contribution in [3.63, 3.8) is 0 Å². The molecule has 90 valence electrons. The summed E-state index contributed by atoms with van der Waals surface area (Å²) in [5.74, 6) is 0.583. The fraction of sp³-hybridized carbons (Fsp3) is 0.667. The molecule has 2 nitrogen and oxygen atoms in total. The Morgan fingerprint density at radius 3 is 2.81 bits per heavy atom. The van der Waals surface area contributed by atoms with Gasteiger partial charge in [-0.25, -0.2) is 0 Å². The quantitative estimate of drug-likeness (QED) is 0.923. The van der Waals surface area contributed by atoms with E-state index < -0.39 is 0 Å². The number of nitrogens with one attached hydrogen (secondary N) is 1. The number of halogens is 1. The van der Waals surface area contributed by atoms with Crippen LogP contribution in [0.25, 0.3) is 0 Å². The van der Waals surface area contributed by atoms with Crippen molar-refractivity contribution in [2.24, 2.45) is 5.92 Å². The maximum Gasteiger partial charge on any atom is 0.0594 e. The van der Waals surface area contributed by atoms with E-state index in [2.05, 4.69) is 41.2 Å². The first-order chi connectivity index (χ1) is 7.63. The van der Waals surface area contributed by atoms with E-state index in [0.717, 1.165) is 13.0 Å². The van der Waals surface area contributed by atoms with Gasteiger partial charge in [0, 0.05) is 32.8 Å². The Kier molecular flexibility index (Phi) is 4.06. The zero-order valence-corrected chi connectivity index (χ0v) is 12.3. The minimum atomic E-state index is 0.353. The van der Waals surface area contributed by atoms with Gasteiger partial charge >= 0.3 is 0 Å². The van der Waals surface area contributed by atoms with E-state index in [0.29, 0.717) is 18.1 Å². The molecule has 16 heavy (non-hydrogen) atoms. The third-order valence-corrected chi connectivity index (χ3v) is 5.34. The molecule has 0 spiro atoms. The van der Waals surface area contributed by atoms with Crippen LogP contribution in [0.5, 0.6) is 0 Å². The average Bonchev–Trinajstić information content (AvgIpc) is 2.77. The van der Waals surface area contributed by atoms with Gasteiger partial charge in [0.1, 0.15) is 0 Å². The molecule has 2 rings (SSSR count). The highest BCUT2D eigenvalue weighted by Gasteiger charge is 2.33. The molecule has 1 N–H and O–H groups in total. The zero-order valence-electron chi connectivity index (χ0n) is 9.92. The Hall–Kier alpha value is 0.1000. The third-order valence-electron chi connectivity index (χ3n) is 3.29. The third kappa shape index (κ3) is 2.35. The fourth-order valence-electron chi connectivity index (χ4n) is 2.44. The maximum atomic E-state index is 5.67. The van der Waals surface area contributed by atoms with Gasteiger partial charge in [0.2, 0.25) is 0 Å². The van der Waals surface area contributed by atoms with Crippen molar-refractivity contribution in [2.45, 2.75) is 32.4 Å². The minimum Gasteiger partial charge on any atom is -0.378 e. The molecule has 2 heterocycles. The second-order valence-corrected chi connectivity index (χ2v) is 6.51. The summed E-state index contributed by atoms with van der Waals surface area (Å²) in [6.07, 6.45) is 1.50. The topological polar surface area (TPSA) is 21.3 Å². The van der Waals surface area contributed by atoms with E-state index in [4.69, 9.17) is 4.74 Å². The van der Waals surface area contributed by atoms with E-state index in [1.807, 2.05) is 18.4 Å². The van der Waals surface area contributed by atoms with Crippen molar-refractivity contribution in [3.8, 4) is 0 Å². The first-order valence-electron chi connectivity index (χ1n) is 5.68. The standard InChI is InChI=1S/C12H18BrNOS/c1-7-6-10(13)12(16-7)11(14-3)9-4-5-15-8(9)2/h6,8-9,11,14H,4-5H2,1-3H3. The van der Waals surface area contributed by atoms with Crippen LogP contribution in [0.15, 0.2) is 10.5 Å². The highest BCUT2D eigenvalue weighted by atomic mass is 79.9. The molecule has 1 aliphatic heterocycles. The SMILES string of the molecule is CNC(c1sc(C)cc1Br)C1CCOC1C. The van der Waals surface area contributed by atoms with E-state index in [1.165, 1.54) is 14.2 Å². The van der Waals surface area contributed by atoms with E-state index in [1.54, 1.807) is 0 Å². The molecule has 1 aromatic heterocycles. The van der Waals surface area contributed by atoms with Crippen molar-refractivity contribution in [1.29, 1.82) is 0 Å². The van der Waals surface area contributed by atoms with E-state index >= 15 is 0 Å². The number of rotatable bonds is 3. The highest BCUT2D eigenvalue weighted by Crippen LogP contribution is 2.40. The molecule has 1 saturated heterocycles. The monoisotopic (exact) mass is 303 g/mol. The summed E-state index contributed by atoms with van der Waals surface area (Å²) in [7, 11) is 2.04. The molecular weight excluding hydrogens is 286 g/mol. The van der Waals surface area contributed by atoms with Crippen LogP contribution in [-0.4, -0.2) is 19.8 Å². The number of ether oxygens (including phenoxy) is 1. The van der Waals surface area contributed by atoms with Crippen LogP contribution in [0, 0.1) is 12.8 Å². The molecule has 0 saturated carbocycles. The Morgan fingerprint density at radius 2 is 2.38 bits per heavy atom. The summed E-state index contributed by atoms with van der Waals surface area (Å²) < 4.78 is 6.90. The molecule has 1 fully saturated rings. The van der Waals surface area contributed by atoms with Gasteiger partial charge in [-0.2, -0.15) is 0 Å². The predicted octanol–water partition coefficient (Wildman–Crippen LogP) is 3.50. The van der Waals surface area contributed by atoms with Crippen LogP contribution in [0.2, 0.25) is 0 Å². The van der Waals surface area contributed by atoms with Gasteiger partial charge in [0.25, 0.3) is 0 Å². The predicted molar refractivity (Wildman–Crippen MR) is 72.1 cm³/mol. The number of hydrogen-bond donors (Lipinski definition) is 1. The summed E-state index contributed by atoms with van der Waals surface area (Å²) in [5.41, 5.74) is 0. The van der Waals surface area contributed by atoms with Crippen LogP contribution in [0.1, 0.15) is 29.1 Å². The van der Waals surface area contributed by atoms with Crippen LogP contribution in [0.4, 0.5) is 0 Å². The first-order valence-corrected chi connectivity index (χ1v) is 7.29. The summed E-state index contributed by atoms with van der Waals surface area (Å²) in [6.45, 7) is 5.22. The van der Waals surface area contributed by atoms with Crippen molar-refractivity contribution >= 4 is 27.3 Å². The van der Waals surface area contributed by atoms with Crippen LogP contribution < -0.4 is 5.32 Å². The Bertz CT molecular complexity index is 366. The lowest BCUT2D eigenvalue weighted by atomic mass is 9.92. The lowest BCUT2D eigenvalue weighted by Crippen LogP contribution is -2.29. The van der Waals surface area contributed by atoms with Crippen LogP contribution in [-0.2, 0) is 4.74 Å². The minimum absolute atomic E-state index is 0.353. The molecule has 3 unspecified atom stereocenters. The van der Waals surface area contributed by atoms with Gasteiger partial charge < -0.3 is 10.1 Å². The van der Waals surface area contributed by atoms with Crippen molar-refractivity contribution < 1.29 is 4.74 Å². The normalized spacial score (nSPS) is 27.2. The van der Waals surface area contributed by atoms with Gasteiger partial charge in [-0.1, -0.05) is 0 Å². The molecular formula is C12H18BrNOS. The first kappa shape index (κ1) is 12.6. The lowest BCUT2D eigenvalue weighted by Gasteiger charge is -2.25. The van der Waals surface area contributed by atoms with E-state index in [-0.39, 0.29) is 0 Å². The lowest BCUT2D eigenvalue weighted by molar-refractivity contribution is 0.0966. The second-order valence-electron chi connectivity index (χ2n) is 4.36. The highest BCUT2D eigenvalue weighted by molar-refractivity contribution is 9.10. The Balaban J connectivity index is 2.25. The molecule has 0 aliphatic carbocycles. The Morgan fingerprint density at radius 1 is 1.62 bits per heavy atom. The molecule has 4 heteroatoms. The van der Waals surface area contributed by atoms with Crippen LogP contribution in [0.3, 0.4) is 0 Å². The van der Waals surface area contributed by atoms with Gasteiger partial charge in [0.05, 0.1) is 6.10 Å². The maximum absolute atomic E-state index is 5.67. The van der Waals surface area contributed by atoms with Gasteiger partial charge in [0.15, 0.2) is 0 Å². The summed E-state index contributed by atoms with van der Waals surface area (Å²) >= 11 is 5.53. The second kappa shape index (κ2) is 5.17. The molecule has 1 aliphatic rings. The smallest absolute Gasteiger partial charge is 0.0594 e. The number of aryl methyl sites for hydroxylation is 1. The number of thiophene rings is 1. The summed E-state index contributed by atoms with van der Waals surface area (Å²) in [5, 5.41) is 3.45. The van der Waals surface area contributed by atoms with Gasteiger partial charge in [-0.15, -0.1) is 11.3 Å².